The maximum atomic E-state index is 13.0. The quantitative estimate of drug-likeness (QED) is 0.457. The second-order valence-corrected chi connectivity index (χ2v) is 8.39. The number of nitrogens with zero attached hydrogens (tertiary/aromatic N) is 4. The van der Waals surface area contributed by atoms with Crippen molar-refractivity contribution < 1.29 is 22.8 Å². The molecule has 2 amide bonds. The van der Waals surface area contributed by atoms with E-state index in [4.69, 9.17) is 11.6 Å². The van der Waals surface area contributed by atoms with Gasteiger partial charge in [0.05, 0.1) is 40.3 Å². The van der Waals surface area contributed by atoms with Gasteiger partial charge >= 0.3 is 6.18 Å². The van der Waals surface area contributed by atoms with Crippen LogP contribution in [-0.2, 0) is 19.8 Å². The number of pyridine rings is 1. The van der Waals surface area contributed by atoms with Crippen LogP contribution in [0.2, 0.25) is 5.02 Å². The van der Waals surface area contributed by atoms with E-state index in [2.05, 4.69) is 31.0 Å². The lowest BCUT2D eigenvalue weighted by Gasteiger charge is -2.12. The predicted molar refractivity (Wildman–Crippen MR) is 116 cm³/mol. The number of rotatable bonds is 7. The van der Waals surface area contributed by atoms with E-state index in [1.807, 2.05) is 0 Å². The first-order valence-electron chi connectivity index (χ1n) is 9.47. The summed E-state index contributed by atoms with van der Waals surface area (Å²) in [6, 6.07) is 0.124. The van der Waals surface area contributed by atoms with Gasteiger partial charge in [-0.1, -0.05) is 11.6 Å². The van der Waals surface area contributed by atoms with Crippen molar-refractivity contribution in [2.75, 3.05) is 12.4 Å². The molecular weight excluding hydrogens is 483 g/mol. The minimum Gasteiger partial charge on any atom is -0.343 e. The average Bonchev–Trinajstić information content (AvgIpc) is 3.37. The third kappa shape index (κ3) is 5.67. The third-order valence-electron chi connectivity index (χ3n) is 4.52. The zero-order chi connectivity index (χ0) is 24.3. The topological polar surface area (TPSA) is 114 Å². The second kappa shape index (κ2) is 9.85. The lowest BCUT2D eigenvalue weighted by atomic mass is 10.2. The normalized spacial score (nSPS) is 12.5. The molecule has 33 heavy (non-hydrogen) atoms. The Balaban J connectivity index is 1.69. The molecule has 9 nitrogen and oxygen atoms in total. The Labute approximate surface area is 195 Å². The molecule has 0 spiro atoms. The van der Waals surface area contributed by atoms with Gasteiger partial charge < -0.3 is 16.0 Å². The fourth-order valence-corrected chi connectivity index (χ4v) is 3.89. The highest BCUT2D eigenvalue weighted by Crippen LogP contribution is 2.35. The summed E-state index contributed by atoms with van der Waals surface area (Å²) >= 11 is 6.53. The van der Waals surface area contributed by atoms with E-state index in [9.17, 15) is 22.8 Å². The molecule has 3 aromatic rings. The number of nitrogens with one attached hydrogen (secondary N) is 3. The molecule has 0 aromatic carbocycles. The largest absolute Gasteiger partial charge is 0.418 e. The van der Waals surface area contributed by atoms with Gasteiger partial charge in [-0.15, -0.1) is 11.3 Å². The highest BCUT2D eigenvalue weighted by atomic mass is 35.5. The number of alkyl halides is 3. The molecule has 14 heteroatoms. The van der Waals surface area contributed by atoms with Gasteiger partial charge in [0.2, 0.25) is 0 Å². The third-order valence-corrected chi connectivity index (χ3v) is 6.00. The molecule has 0 aliphatic heterocycles. The molecule has 3 heterocycles. The summed E-state index contributed by atoms with van der Waals surface area (Å²) in [7, 11) is 3.48. The first-order chi connectivity index (χ1) is 15.5. The van der Waals surface area contributed by atoms with Crippen molar-refractivity contribution in [2.24, 2.45) is 7.05 Å². The highest BCUT2D eigenvalue weighted by Gasteiger charge is 2.34. The molecule has 0 saturated heterocycles. The van der Waals surface area contributed by atoms with Crippen molar-refractivity contribution in [3.8, 4) is 0 Å². The summed E-state index contributed by atoms with van der Waals surface area (Å²) < 4.78 is 40.6. The number of carbonyl (C=O) groups is 2. The minimum absolute atomic E-state index is 0.133. The minimum atomic E-state index is -4.69. The van der Waals surface area contributed by atoms with Crippen LogP contribution in [0, 0.1) is 0 Å². The molecule has 3 rings (SSSR count). The Kier molecular flexibility index (Phi) is 7.34. The molecule has 3 N–H and O–H groups in total. The van der Waals surface area contributed by atoms with Crippen LogP contribution in [0.5, 0.6) is 0 Å². The Hall–Kier alpha value is -3.03. The van der Waals surface area contributed by atoms with Crippen LogP contribution in [-0.4, -0.2) is 38.6 Å². The number of halogens is 4. The van der Waals surface area contributed by atoms with Gasteiger partial charge in [0.15, 0.2) is 0 Å². The fourth-order valence-electron chi connectivity index (χ4n) is 2.86. The zero-order valence-corrected chi connectivity index (χ0v) is 19.2. The zero-order valence-electron chi connectivity index (χ0n) is 17.6. The van der Waals surface area contributed by atoms with E-state index in [0.717, 1.165) is 17.5 Å². The van der Waals surface area contributed by atoms with Crippen molar-refractivity contribution in [1.29, 1.82) is 0 Å². The second-order valence-electron chi connectivity index (χ2n) is 6.92. The van der Waals surface area contributed by atoms with E-state index in [1.54, 1.807) is 25.7 Å². The SMILES string of the molecule is CNCc1c(C(=O)N[C@H](C)c2ncc(C(=O)Nc3cc(C(F)(F)F)c(Cl)cn3)s2)cnn1C. The van der Waals surface area contributed by atoms with Crippen LogP contribution in [0.4, 0.5) is 19.0 Å². The number of hydrogen-bond acceptors (Lipinski definition) is 7. The van der Waals surface area contributed by atoms with Gasteiger partial charge in [-0.05, 0) is 20.0 Å². The lowest BCUT2D eigenvalue weighted by molar-refractivity contribution is -0.137. The number of aromatic nitrogens is 4. The average molecular weight is 502 g/mol. The number of anilines is 1. The van der Waals surface area contributed by atoms with Crippen LogP contribution in [0.15, 0.2) is 24.7 Å². The summed E-state index contributed by atoms with van der Waals surface area (Å²) in [5.74, 6) is -1.35. The standard InChI is InChI=1S/C19H19ClF3N7O2S/c1-9(28-16(31)10-5-27-30(3)13(10)7-24-2)18-26-8-14(33-18)17(32)29-15-4-11(19(21,22)23)12(20)6-25-15/h4-6,8-9,24H,7H2,1-3H3,(H,28,31)(H,25,29,32)/t9-/m1/s1. The molecular formula is C19H19ClF3N7O2S. The number of thiazole rings is 1. The maximum absolute atomic E-state index is 13.0. The van der Waals surface area contributed by atoms with Gasteiger partial charge in [0, 0.05) is 19.8 Å². The number of aryl methyl sites for hydroxylation is 1. The van der Waals surface area contributed by atoms with E-state index in [1.165, 1.54) is 12.4 Å². The molecule has 0 saturated carbocycles. The van der Waals surface area contributed by atoms with Gasteiger partial charge in [-0.2, -0.15) is 18.3 Å². The Morgan fingerprint density at radius 3 is 2.61 bits per heavy atom. The van der Waals surface area contributed by atoms with Crippen LogP contribution in [0.1, 0.15) is 49.3 Å². The molecule has 0 radical (unpaired) electrons. The van der Waals surface area contributed by atoms with Crippen molar-refractivity contribution in [1.82, 2.24) is 30.4 Å². The van der Waals surface area contributed by atoms with Gasteiger partial charge in [-0.25, -0.2) is 9.97 Å². The number of carbonyl (C=O) groups excluding carboxylic acids is 2. The van der Waals surface area contributed by atoms with Gasteiger partial charge in [-0.3, -0.25) is 14.3 Å². The Morgan fingerprint density at radius 1 is 1.21 bits per heavy atom. The molecule has 0 fully saturated rings. The van der Waals surface area contributed by atoms with Crippen molar-refractivity contribution in [3.63, 3.8) is 0 Å². The monoisotopic (exact) mass is 501 g/mol. The highest BCUT2D eigenvalue weighted by molar-refractivity contribution is 7.13. The molecule has 176 valence electrons. The summed E-state index contributed by atoms with van der Waals surface area (Å²) in [5.41, 5.74) is 0.00133. The predicted octanol–water partition coefficient (Wildman–Crippen LogP) is 3.41. The molecule has 3 aromatic heterocycles. The summed E-state index contributed by atoms with van der Waals surface area (Å²) in [4.78, 5) is 33.1. The van der Waals surface area contributed by atoms with E-state index in [0.29, 0.717) is 28.9 Å². The van der Waals surface area contributed by atoms with Gasteiger partial charge in [0.1, 0.15) is 15.7 Å². The Bertz CT molecular complexity index is 1180. The van der Waals surface area contributed by atoms with E-state index >= 15 is 0 Å². The fraction of sp³-hybridized carbons (Fsp3) is 0.316. The molecule has 0 aliphatic rings. The summed E-state index contributed by atoms with van der Waals surface area (Å²) in [6.07, 6.45) is -1.14. The van der Waals surface area contributed by atoms with E-state index in [-0.39, 0.29) is 16.6 Å². The van der Waals surface area contributed by atoms with Crippen molar-refractivity contribution in [2.45, 2.75) is 25.7 Å². The summed E-state index contributed by atoms with van der Waals surface area (Å²) in [5, 5.41) is 12.0. The molecule has 1 atom stereocenters. The Morgan fingerprint density at radius 2 is 1.94 bits per heavy atom. The van der Waals surface area contributed by atoms with Crippen LogP contribution < -0.4 is 16.0 Å². The first-order valence-corrected chi connectivity index (χ1v) is 10.7. The summed E-state index contributed by atoms with van der Waals surface area (Å²) in [6.45, 7) is 2.15. The van der Waals surface area contributed by atoms with Crippen molar-refractivity contribution in [3.05, 3.63) is 56.4 Å². The number of amides is 2. The smallest absolute Gasteiger partial charge is 0.343 e. The van der Waals surface area contributed by atoms with Crippen LogP contribution in [0.25, 0.3) is 0 Å². The number of hydrogen-bond donors (Lipinski definition) is 3. The molecule has 0 unspecified atom stereocenters. The van der Waals surface area contributed by atoms with Gasteiger partial charge in [0.25, 0.3) is 11.8 Å². The lowest BCUT2D eigenvalue weighted by Crippen LogP contribution is -2.28. The molecule has 0 bridgehead atoms. The maximum Gasteiger partial charge on any atom is 0.418 e. The molecule has 0 aliphatic carbocycles. The van der Waals surface area contributed by atoms with Crippen LogP contribution in [0.3, 0.4) is 0 Å². The van der Waals surface area contributed by atoms with Crippen molar-refractivity contribution >= 4 is 40.6 Å². The first kappa shape index (κ1) is 24.6. The van der Waals surface area contributed by atoms with Crippen LogP contribution >= 0.6 is 22.9 Å². The van der Waals surface area contributed by atoms with E-state index < -0.39 is 28.7 Å².